The van der Waals surface area contributed by atoms with Gasteiger partial charge in [-0.05, 0) is 50.0 Å². The minimum Gasteiger partial charge on any atom is -0.370 e. The van der Waals surface area contributed by atoms with E-state index >= 15 is 0 Å². The maximum Gasteiger partial charge on any atom is 0.188 e. The molecule has 0 aliphatic carbocycles. The maximum absolute atomic E-state index is 5.96. The molecule has 0 amide bonds. The number of guanidine groups is 1. The minimum atomic E-state index is 0. The summed E-state index contributed by atoms with van der Waals surface area (Å²) >= 11 is 5.96. The van der Waals surface area contributed by atoms with Gasteiger partial charge < -0.3 is 11.1 Å². The standard InChI is InChI=1S/C16H25ClN4.HI/c1-2-21-10-4-7-15(21)12-20-16(18)19-9-8-13-5-3-6-14(17)11-13;/h3,5-6,11,15H,2,4,7-10,12H2,1H3,(H3,18,19,20);1H. The van der Waals surface area contributed by atoms with E-state index in [-0.39, 0.29) is 24.0 Å². The number of nitrogens with one attached hydrogen (secondary N) is 1. The minimum absolute atomic E-state index is 0. The molecule has 1 aliphatic rings. The first-order valence-electron chi connectivity index (χ1n) is 7.71. The summed E-state index contributed by atoms with van der Waals surface area (Å²) in [5.41, 5.74) is 7.13. The molecule has 1 heterocycles. The van der Waals surface area contributed by atoms with Crippen LogP contribution in [0.4, 0.5) is 0 Å². The zero-order chi connectivity index (χ0) is 15.1. The number of nitrogens with zero attached hydrogens (tertiary/aromatic N) is 2. The van der Waals surface area contributed by atoms with E-state index < -0.39 is 0 Å². The first kappa shape index (κ1) is 19.5. The molecular formula is C16H26ClIN4. The molecule has 2 rings (SSSR count). The molecule has 124 valence electrons. The molecule has 1 atom stereocenters. The molecule has 0 aromatic heterocycles. The highest BCUT2D eigenvalue weighted by Gasteiger charge is 2.22. The summed E-state index contributed by atoms with van der Waals surface area (Å²) in [4.78, 5) is 6.94. The summed E-state index contributed by atoms with van der Waals surface area (Å²) in [6, 6.07) is 8.46. The fraction of sp³-hybridized carbons (Fsp3) is 0.562. The summed E-state index contributed by atoms with van der Waals surface area (Å²) in [5, 5.41) is 3.95. The summed E-state index contributed by atoms with van der Waals surface area (Å²) in [7, 11) is 0. The summed E-state index contributed by atoms with van der Waals surface area (Å²) < 4.78 is 0. The normalized spacial score (nSPS) is 19.0. The topological polar surface area (TPSA) is 53.6 Å². The molecule has 22 heavy (non-hydrogen) atoms. The van der Waals surface area contributed by atoms with Gasteiger partial charge in [0.15, 0.2) is 5.96 Å². The van der Waals surface area contributed by atoms with Crippen molar-refractivity contribution in [1.29, 1.82) is 0 Å². The van der Waals surface area contributed by atoms with Gasteiger partial charge in [-0.1, -0.05) is 30.7 Å². The van der Waals surface area contributed by atoms with Crippen molar-refractivity contribution >= 4 is 41.5 Å². The second kappa shape index (κ2) is 10.3. The lowest BCUT2D eigenvalue weighted by molar-refractivity contribution is 0.273. The first-order chi connectivity index (χ1) is 10.2. The van der Waals surface area contributed by atoms with Gasteiger partial charge in [-0.25, -0.2) is 0 Å². The van der Waals surface area contributed by atoms with E-state index in [1.807, 2.05) is 18.2 Å². The van der Waals surface area contributed by atoms with Gasteiger partial charge in [0, 0.05) is 17.6 Å². The smallest absolute Gasteiger partial charge is 0.188 e. The second-order valence-corrected chi connectivity index (χ2v) is 5.89. The molecule has 0 bridgehead atoms. The molecule has 1 aromatic carbocycles. The third kappa shape index (κ3) is 6.30. The van der Waals surface area contributed by atoms with Gasteiger partial charge in [0.05, 0.1) is 6.54 Å². The maximum atomic E-state index is 5.96. The first-order valence-corrected chi connectivity index (χ1v) is 8.09. The Hall–Kier alpha value is -0.530. The fourth-order valence-electron chi connectivity index (χ4n) is 2.81. The van der Waals surface area contributed by atoms with E-state index in [0.29, 0.717) is 12.0 Å². The highest BCUT2D eigenvalue weighted by atomic mass is 127. The van der Waals surface area contributed by atoms with Crippen LogP contribution in [0, 0.1) is 0 Å². The number of hydrogen-bond donors (Lipinski definition) is 2. The fourth-order valence-corrected chi connectivity index (χ4v) is 3.02. The molecule has 1 saturated heterocycles. The molecule has 1 aromatic rings. The van der Waals surface area contributed by atoms with Crippen LogP contribution in [0.3, 0.4) is 0 Å². The molecule has 3 N–H and O–H groups in total. The van der Waals surface area contributed by atoms with E-state index in [1.165, 1.54) is 24.9 Å². The van der Waals surface area contributed by atoms with Crippen molar-refractivity contribution in [2.75, 3.05) is 26.2 Å². The van der Waals surface area contributed by atoms with Crippen molar-refractivity contribution in [2.24, 2.45) is 10.7 Å². The van der Waals surface area contributed by atoms with Crippen LogP contribution in [0.1, 0.15) is 25.3 Å². The second-order valence-electron chi connectivity index (χ2n) is 5.46. The highest BCUT2D eigenvalue weighted by Crippen LogP contribution is 2.16. The number of likely N-dealkylation sites (N-methyl/N-ethyl adjacent to an activating group) is 1. The average molecular weight is 437 g/mol. The largest absolute Gasteiger partial charge is 0.370 e. The van der Waals surface area contributed by atoms with Crippen LogP contribution in [0.15, 0.2) is 29.3 Å². The van der Waals surface area contributed by atoms with Crippen molar-refractivity contribution in [3.8, 4) is 0 Å². The molecule has 6 heteroatoms. The highest BCUT2D eigenvalue weighted by molar-refractivity contribution is 14.0. The van der Waals surface area contributed by atoms with Gasteiger partial charge in [0.25, 0.3) is 0 Å². The van der Waals surface area contributed by atoms with Crippen molar-refractivity contribution < 1.29 is 0 Å². The predicted molar refractivity (Wildman–Crippen MR) is 105 cm³/mol. The Morgan fingerprint density at radius 3 is 3.05 bits per heavy atom. The molecule has 0 spiro atoms. The Morgan fingerprint density at radius 2 is 2.32 bits per heavy atom. The van der Waals surface area contributed by atoms with Crippen LogP contribution in [0.25, 0.3) is 0 Å². The molecule has 0 saturated carbocycles. The predicted octanol–water partition coefficient (Wildman–Crippen LogP) is 2.89. The van der Waals surface area contributed by atoms with Crippen molar-refractivity contribution in [3.63, 3.8) is 0 Å². The van der Waals surface area contributed by atoms with Crippen molar-refractivity contribution in [3.05, 3.63) is 34.9 Å². The van der Waals surface area contributed by atoms with Crippen LogP contribution in [-0.2, 0) is 6.42 Å². The van der Waals surface area contributed by atoms with Crippen LogP contribution in [0.5, 0.6) is 0 Å². The SMILES string of the molecule is CCN1CCCC1CN=C(N)NCCc1cccc(Cl)c1.I. The molecule has 1 fully saturated rings. The Bertz CT molecular complexity index is 481. The van der Waals surface area contributed by atoms with Crippen LogP contribution >= 0.6 is 35.6 Å². The number of rotatable bonds is 6. The Labute approximate surface area is 155 Å². The zero-order valence-electron chi connectivity index (χ0n) is 13.1. The van der Waals surface area contributed by atoms with E-state index in [1.54, 1.807) is 0 Å². The molecule has 0 radical (unpaired) electrons. The number of nitrogens with two attached hydrogens (primary N) is 1. The van der Waals surface area contributed by atoms with E-state index in [4.69, 9.17) is 17.3 Å². The lowest BCUT2D eigenvalue weighted by Gasteiger charge is -2.20. The Kier molecular flexibility index (Phi) is 9.12. The third-order valence-electron chi connectivity index (χ3n) is 3.99. The average Bonchev–Trinajstić information content (AvgIpc) is 2.92. The summed E-state index contributed by atoms with van der Waals surface area (Å²) in [5.74, 6) is 0.542. The number of benzene rings is 1. The molecule has 4 nitrogen and oxygen atoms in total. The monoisotopic (exact) mass is 436 g/mol. The Morgan fingerprint density at radius 1 is 1.50 bits per heavy atom. The van der Waals surface area contributed by atoms with Crippen LogP contribution in [0.2, 0.25) is 5.02 Å². The van der Waals surface area contributed by atoms with Crippen molar-refractivity contribution in [2.45, 2.75) is 32.2 Å². The number of hydrogen-bond acceptors (Lipinski definition) is 2. The third-order valence-corrected chi connectivity index (χ3v) is 4.22. The number of likely N-dealkylation sites (tertiary alicyclic amines) is 1. The summed E-state index contributed by atoms with van der Waals surface area (Å²) in [6.45, 7) is 6.07. The van der Waals surface area contributed by atoms with Crippen LogP contribution in [-0.4, -0.2) is 43.1 Å². The van der Waals surface area contributed by atoms with E-state index in [2.05, 4.69) is 28.2 Å². The zero-order valence-corrected chi connectivity index (χ0v) is 16.2. The van der Waals surface area contributed by atoms with Gasteiger partial charge in [0.1, 0.15) is 0 Å². The van der Waals surface area contributed by atoms with Gasteiger partial charge >= 0.3 is 0 Å². The van der Waals surface area contributed by atoms with Crippen molar-refractivity contribution in [1.82, 2.24) is 10.2 Å². The summed E-state index contributed by atoms with van der Waals surface area (Å²) in [6.07, 6.45) is 3.39. The van der Waals surface area contributed by atoms with E-state index in [9.17, 15) is 0 Å². The quantitative estimate of drug-likeness (QED) is 0.410. The van der Waals surface area contributed by atoms with Gasteiger partial charge in [-0.2, -0.15) is 0 Å². The van der Waals surface area contributed by atoms with E-state index in [0.717, 1.165) is 31.1 Å². The van der Waals surface area contributed by atoms with Crippen LogP contribution < -0.4 is 11.1 Å². The lowest BCUT2D eigenvalue weighted by Crippen LogP contribution is -2.36. The molecule has 1 unspecified atom stereocenters. The molecule has 1 aliphatic heterocycles. The van der Waals surface area contributed by atoms with Gasteiger partial charge in [0.2, 0.25) is 0 Å². The molecular weight excluding hydrogens is 411 g/mol. The Balaban J connectivity index is 0.00000242. The lowest BCUT2D eigenvalue weighted by atomic mass is 10.1. The van der Waals surface area contributed by atoms with Gasteiger partial charge in [-0.3, -0.25) is 9.89 Å². The van der Waals surface area contributed by atoms with Gasteiger partial charge in [-0.15, -0.1) is 24.0 Å². The number of halogens is 2. The number of aliphatic imine (C=N–C) groups is 1.